The normalized spacial score (nSPS) is 13.7. The van der Waals surface area contributed by atoms with E-state index in [-0.39, 0.29) is 12.5 Å². The maximum absolute atomic E-state index is 11.1. The van der Waals surface area contributed by atoms with Crippen LogP contribution in [0, 0.1) is 0 Å². The molecule has 0 bridgehead atoms. The molecule has 0 unspecified atom stereocenters. The molecule has 1 aliphatic rings. The van der Waals surface area contributed by atoms with E-state index < -0.39 is 5.97 Å². The number of esters is 1. The molecule has 5 heteroatoms. The minimum atomic E-state index is -0.573. The second-order valence-corrected chi connectivity index (χ2v) is 3.17. The van der Waals surface area contributed by atoms with Gasteiger partial charge in [-0.2, -0.15) is 0 Å². The first kappa shape index (κ1) is 10.4. The van der Waals surface area contributed by atoms with E-state index in [1.54, 1.807) is 18.2 Å². The van der Waals surface area contributed by atoms with E-state index in [1.807, 2.05) is 0 Å². The fraction of sp³-hybridized carbons (Fsp3) is 0.182. The largest absolute Gasteiger partial charge is 0.464 e. The average Bonchev–Trinajstić information content (AvgIpc) is 2.77. The molecule has 5 nitrogen and oxygen atoms in total. The van der Waals surface area contributed by atoms with Crippen LogP contribution in [-0.4, -0.2) is 19.9 Å². The highest BCUT2D eigenvalue weighted by atomic mass is 16.7. The number of carbonyl (C=O) groups is 1. The second-order valence-electron chi connectivity index (χ2n) is 3.17. The van der Waals surface area contributed by atoms with Crippen molar-refractivity contribution < 1.29 is 19.0 Å². The minimum Gasteiger partial charge on any atom is -0.464 e. The number of ether oxygens (including phenoxy) is 3. The Hall–Kier alpha value is -2.17. The first-order chi connectivity index (χ1) is 7.72. The molecular weight excluding hydrogens is 210 g/mol. The van der Waals surface area contributed by atoms with Crippen LogP contribution >= 0.6 is 0 Å². The first-order valence-electron chi connectivity index (χ1n) is 4.66. The highest BCUT2D eigenvalue weighted by Gasteiger charge is 2.16. The van der Waals surface area contributed by atoms with Crippen LogP contribution in [0.4, 0.5) is 0 Å². The Morgan fingerprint density at radius 2 is 2.31 bits per heavy atom. The highest BCUT2D eigenvalue weighted by Crippen LogP contribution is 2.36. The minimum absolute atomic E-state index is 0.0198. The molecule has 0 spiro atoms. The maximum atomic E-state index is 11.1. The highest BCUT2D eigenvalue weighted by molar-refractivity contribution is 5.93. The fourth-order valence-corrected chi connectivity index (χ4v) is 1.41. The Bertz CT molecular complexity index is 453. The van der Waals surface area contributed by atoms with Crippen molar-refractivity contribution in [3.63, 3.8) is 0 Å². The van der Waals surface area contributed by atoms with E-state index in [0.29, 0.717) is 17.1 Å². The molecule has 16 heavy (non-hydrogen) atoms. The molecule has 0 aromatic heterocycles. The molecule has 0 saturated carbocycles. The maximum Gasteiger partial charge on any atom is 0.353 e. The van der Waals surface area contributed by atoms with Crippen molar-refractivity contribution in [2.24, 2.45) is 5.73 Å². The summed E-state index contributed by atoms with van der Waals surface area (Å²) in [6, 6.07) is 5.36. The fourth-order valence-electron chi connectivity index (χ4n) is 1.41. The second kappa shape index (κ2) is 4.14. The molecule has 0 amide bonds. The van der Waals surface area contributed by atoms with Crippen LogP contribution in [-0.2, 0) is 9.53 Å². The molecule has 0 radical (unpaired) electrons. The average molecular weight is 221 g/mol. The zero-order valence-corrected chi connectivity index (χ0v) is 8.73. The first-order valence-corrected chi connectivity index (χ1v) is 4.66. The molecule has 2 rings (SSSR count). The van der Waals surface area contributed by atoms with E-state index >= 15 is 0 Å². The number of rotatable bonds is 2. The Morgan fingerprint density at radius 3 is 3.06 bits per heavy atom. The lowest BCUT2D eigenvalue weighted by Crippen LogP contribution is -2.12. The smallest absolute Gasteiger partial charge is 0.353 e. The number of methoxy groups -OCH3 is 1. The monoisotopic (exact) mass is 221 g/mol. The Morgan fingerprint density at radius 1 is 1.50 bits per heavy atom. The molecule has 2 N–H and O–H groups in total. The molecule has 1 aromatic rings. The summed E-state index contributed by atoms with van der Waals surface area (Å²) in [5.41, 5.74) is 6.26. The van der Waals surface area contributed by atoms with Crippen molar-refractivity contribution in [3.8, 4) is 11.5 Å². The van der Waals surface area contributed by atoms with Crippen molar-refractivity contribution in [1.82, 2.24) is 0 Å². The number of hydrogen-bond acceptors (Lipinski definition) is 5. The standard InChI is InChI=1S/C11H11NO4/c1-14-11(13)8(12)5-7-3-2-4-9-10(7)16-6-15-9/h2-5H,6,12H2,1H3/b8-5-. The summed E-state index contributed by atoms with van der Waals surface area (Å²) in [5.74, 6) is 0.664. The molecule has 0 saturated heterocycles. The van der Waals surface area contributed by atoms with Gasteiger partial charge in [0.15, 0.2) is 11.5 Å². The van der Waals surface area contributed by atoms with Gasteiger partial charge in [0.25, 0.3) is 0 Å². The van der Waals surface area contributed by atoms with Crippen molar-refractivity contribution in [1.29, 1.82) is 0 Å². The van der Waals surface area contributed by atoms with Gasteiger partial charge in [0.1, 0.15) is 5.70 Å². The van der Waals surface area contributed by atoms with Crippen LogP contribution in [0.3, 0.4) is 0 Å². The molecule has 0 fully saturated rings. The molecule has 84 valence electrons. The third-order valence-corrected chi connectivity index (χ3v) is 2.16. The predicted octanol–water partition coefficient (Wildman–Crippen LogP) is 0.888. The SMILES string of the molecule is COC(=O)/C(N)=C/c1cccc2c1OCO2. The van der Waals surface area contributed by atoms with Gasteiger partial charge in [-0.05, 0) is 12.1 Å². The number of hydrogen-bond donors (Lipinski definition) is 1. The number of fused-ring (bicyclic) bond motifs is 1. The quantitative estimate of drug-likeness (QED) is 0.593. The molecule has 1 aliphatic heterocycles. The molecule has 1 aromatic carbocycles. The summed E-state index contributed by atoms with van der Waals surface area (Å²) >= 11 is 0. The van der Waals surface area contributed by atoms with Crippen LogP contribution in [0.15, 0.2) is 23.9 Å². The van der Waals surface area contributed by atoms with Gasteiger partial charge in [0, 0.05) is 5.56 Å². The number of para-hydroxylation sites is 1. The van der Waals surface area contributed by atoms with Crippen LogP contribution in [0.2, 0.25) is 0 Å². The molecule has 0 aliphatic carbocycles. The molecular formula is C11H11NO4. The van der Waals surface area contributed by atoms with E-state index in [2.05, 4.69) is 4.74 Å². The zero-order chi connectivity index (χ0) is 11.5. The van der Waals surface area contributed by atoms with Crippen molar-refractivity contribution in [2.75, 3.05) is 13.9 Å². The van der Waals surface area contributed by atoms with Gasteiger partial charge in [-0.15, -0.1) is 0 Å². The third-order valence-electron chi connectivity index (χ3n) is 2.16. The summed E-state index contributed by atoms with van der Waals surface area (Å²) in [6.45, 7) is 0.179. The Kier molecular flexibility index (Phi) is 2.68. The number of carbonyl (C=O) groups excluding carboxylic acids is 1. The van der Waals surface area contributed by atoms with Crippen LogP contribution < -0.4 is 15.2 Å². The Labute approximate surface area is 92.4 Å². The molecule has 1 heterocycles. The zero-order valence-electron chi connectivity index (χ0n) is 8.73. The lowest BCUT2D eigenvalue weighted by atomic mass is 10.1. The van der Waals surface area contributed by atoms with E-state index in [4.69, 9.17) is 15.2 Å². The summed E-state index contributed by atoms with van der Waals surface area (Å²) in [7, 11) is 1.28. The number of benzene rings is 1. The van der Waals surface area contributed by atoms with E-state index in [9.17, 15) is 4.79 Å². The van der Waals surface area contributed by atoms with E-state index in [0.717, 1.165) is 0 Å². The third kappa shape index (κ3) is 1.79. The van der Waals surface area contributed by atoms with Gasteiger partial charge in [0.05, 0.1) is 7.11 Å². The van der Waals surface area contributed by atoms with Gasteiger partial charge in [-0.25, -0.2) is 4.79 Å². The topological polar surface area (TPSA) is 70.8 Å². The van der Waals surface area contributed by atoms with Crippen molar-refractivity contribution >= 4 is 12.0 Å². The van der Waals surface area contributed by atoms with Crippen molar-refractivity contribution in [2.45, 2.75) is 0 Å². The van der Waals surface area contributed by atoms with Gasteiger partial charge < -0.3 is 19.9 Å². The lowest BCUT2D eigenvalue weighted by molar-refractivity contribution is -0.136. The van der Waals surface area contributed by atoms with Crippen LogP contribution in [0.5, 0.6) is 11.5 Å². The Balaban J connectivity index is 2.35. The van der Waals surface area contributed by atoms with Crippen LogP contribution in [0.25, 0.3) is 6.08 Å². The van der Waals surface area contributed by atoms with Crippen LogP contribution in [0.1, 0.15) is 5.56 Å². The van der Waals surface area contributed by atoms with E-state index in [1.165, 1.54) is 13.2 Å². The predicted molar refractivity (Wildman–Crippen MR) is 56.7 cm³/mol. The number of nitrogens with two attached hydrogens (primary N) is 1. The van der Waals surface area contributed by atoms with Gasteiger partial charge in [0.2, 0.25) is 6.79 Å². The summed E-state index contributed by atoms with van der Waals surface area (Å²) in [5, 5.41) is 0. The molecule has 0 atom stereocenters. The lowest BCUT2D eigenvalue weighted by Gasteiger charge is -2.02. The summed E-state index contributed by atoms with van der Waals surface area (Å²) in [4.78, 5) is 11.1. The van der Waals surface area contributed by atoms with Gasteiger partial charge in [-0.1, -0.05) is 12.1 Å². The van der Waals surface area contributed by atoms with Crippen molar-refractivity contribution in [3.05, 3.63) is 29.5 Å². The summed E-state index contributed by atoms with van der Waals surface area (Å²) < 4.78 is 15.0. The van der Waals surface area contributed by atoms with Gasteiger partial charge in [-0.3, -0.25) is 0 Å². The summed E-state index contributed by atoms with van der Waals surface area (Å²) in [6.07, 6.45) is 1.50. The van der Waals surface area contributed by atoms with Gasteiger partial charge >= 0.3 is 5.97 Å².